The number of ether oxygens (including phenoxy) is 3. The van der Waals surface area contributed by atoms with Crippen LogP contribution >= 0.6 is 0 Å². The highest BCUT2D eigenvalue weighted by atomic mass is 16.5. The maximum atomic E-state index is 5.61. The monoisotopic (exact) mass is 424 g/mol. The summed E-state index contributed by atoms with van der Waals surface area (Å²) >= 11 is 0. The second-order valence-electron chi connectivity index (χ2n) is 6.82. The third-order valence-corrected chi connectivity index (χ3v) is 4.70. The van der Waals surface area contributed by atoms with Crippen molar-refractivity contribution in [3.05, 3.63) is 59.5 Å². The molecule has 0 radical (unpaired) electrons. The molecule has 8 nitrogen and oxygen atoms in total. The van der Waals surface area contributed by atoms with E-state index in [1.807, 2.05) is 43.3 Å². The van der Waals surface area contributed by atoms with Gasteiger partial charge in [0.25, 0.3) is 0 Å². The van der Waals surface area contributed by atoms with Crippen LogP contribution < -0.4 is 24.8 Å². The molecule has 3 aromatic rings. The summed E-state index contributed by atoms with van der Waals surface area (Å²) in [6.45, 7) is 3.04. The van der Waals surface area contributed by atoms with Crippen LogP contribution in [-0.4, -0.2) is 39.3 Å². The molecule has 2 aromatic carbocycles. The van der Waals surface area contributed by atoms with E-state index in [1.165, 1.54) is 5.56 Å². The first-order valence-electron chi connectivity index (χ1n) is 9.82. The van der Waals surface area contributed by atoms with Gasteiger partial charge in [0, 0.05) is 19.2 Å². The van der Waals surface area contributed by atoms with Gasteiger partial charge >= 0.3 is 0 Å². The van der Waals surface area contributed by atoms with Crippen molar-refractivity contribution in [2.45, 2.75) is 20.0 Å². The number of aliphatic imine (C=N–C) groups is 1. The van der Waals surface area contributed by atoms with Crippen LogP contribution in [0.2, 0.25) is 0 Å². The molecule has 0 saturated heterocycles. The summed E-state index contributed by atoms with van der Waals surface area (Å²) in [6.07, 6.45) is 1.65. The quantitative estimate of drug-likeness (QED) is 0.422. The van der Waals surface area contributed by atoms with Crippen LogP contribution in [0.4, 0.5) is 0 Å². The molecule has 0 fully saturated rings. The predicted molar refractivity (Wildman–Crippen MR) is 120 cm³/mol. The summed E-state index contributed by atoms with van der Waals surface area (Å²) in [7, 11) is 6.48. The minimum atomic E-state index is 0.476. The highest BCUT2D eigenvalue weighted by Gasteiger charge is 2.13. The molecule has 8 heteroatoms. The van der Waals surface area contributed by atoms with Gasteiger partial charge in [-0.15, -0.1) is 0 Å². The minimum absolute atomic E-state index is 0.476. The molecule has 164 valence electrons. The first kappa shape index (κ1) is 22.0. The fourth-order valence-corrected chi connectivity index (χ4v) is 3.04. The third-order valence-electron chi connectivity index (χ3n) is 4.70. The van der Waals surface area contributed by atoms with Crippen LogP contribution in [-0.2, 0) is 13.1 Å². The van der Waals surface area contributed by atoms with E-state index in [1.54, 1.807) is 34.6 Å². The number of oxazole rings is 1. The summed E-state index contributed by atoms with van der Waals surface area (Å²) in [5.41, 5.74) is 3.88. The van der Waals surface area contributed by atoms with Crippen LogP contribution in [0.25, 0.3) is 11.5 Å². The number of aryl methyl sites for hydroxylation is 1. The Morgan fingerprint density at radius 1 is 0.968 bits per heavy atom. The second kappa shape index (κ2) is 10.4. The summed E-state index contributed by atoms with van der Waals surface area (Å²) in [5.74, 6) is 3.00. The van der Waals surface area contributed by atoms with Crippen LogP contribution in [0.5, 0.6) is 17.2 Å². The fourth-order valence-electron chi connectivity index (χ4n) is 3.04. The van der Waals surface area contributed by atoms with Crippen LogP contribution in [0.15, 0.2) is 52.1 Å². The summed E-state index contributed by atoms with van der Waals surface area (Å²) in [5, 5.41) is 6.51. The Labute approximate surface area is 182 Å². The number of nitrogens with zero attached hydrogens (tertiary/aromatic N) is 2. The van der Waals surface area contributed by atoms with Crippen molar-refractivity contribution < 1.29 is 18.6 Å². The number of aromatic nitrogens is 1. The number of hydrogen-bond acceptors (Lipinski definition) is 6. The molecule has 3 rings (SSSR count). The molecule has 1 heterocycles. The Hall–Kier alpha value is -3.68. The molecule has 2 N–H and O–H groups in total. The van der Waals surface area contributed by atoms with E-state index >= 15 is 0 Å². The largest absolute Gasteiger partial charge is 0.493 e. The van der Waals surface area contributed by atoms with E-state index in [0.717, 1.165) is 16.8 Å². The molecule has 0 spiro atoms. The van der Waals surface area contributed by atoms with Gasteiger partial charge in [0.2, 0.25) is 11.6 Å². The van der Waals surface area contributed by atoms with E-state index in [-0.39, 0.29) is 0 Å². The molecule has 0 aliphatic rings. The summed E-state index contributed by atoms with van der Waals surface area (Å²) in [6, 6.07) is 11.9. The molecule has 0 atom stereocenters. The SMILES string of the molecule is CN=C(NCc1cc(OC)c(OC)c(OC)c1)NCc1coc(-c2ccc(C)cc2)n1. The Bertz CT molecular complexity index is 1000. The molecule has 31 heavy (non-hydrogen) atoms. The van der Waals surface area contributed by atoms with E-state index < -0.39 is 0 Å². The molecule has 0 saturated carbocycles. The van der Waals surface area contributed by atoms with E-state index in [4.69, 9.17) is 18.6 Å². The molecule has 1 aromatic heterocycles. The summed E-state index contributed by atoms with van der Waals surface area (Å²) < 4.78 is 21.8. The average Bonchev–Trinajstić information content (AvgIpc) is 3.27. The standard InChI is InChI=1S/C23H28N4O4/c1-15-6-8-17(9-7-15)22-27-18(14-31-22)13-26-23(24-2)25-12-16-10-19(28-3)21(30-5)20(11-16)29-4/h6-11,14H,12-13H2,1-5H3,(H2,24,25,26). The number of rotatable bonds is 8. The van der Waals surface area contributed by atoms with Crippen molar-refractivity contribution in [1.82, 2.24) is 15.6 Å². The van der Waals surface area contributed by atoms with Crippen molar-refractivity contribution in [2.24, 2.45) is 4.99 Å². The average molecular weight is 425 g/mol. The highest BCUT2D eigenvalue weighted by Crippen LogP contribution is 2.38. The maximum absolute atomic E-state index is 5.61. The maximum Gasteiger partial charge on any atom is 0.226 e. The Morgan fingerprint density at radius 3 is 2.19 bits per heavy atom. The van der Waals surface area contributed by atoms with Crippen molar-refractivity contribution in [2.75, 3.05) is 28.4 Å². The lowest BCUT2D eigenvalue weighted by atomic mass is 10.1. The predicted octanol–water partition coefficient (Wildman–Crippen LogP) is 3.54. The van der Waals surface area contributed by atoms with Gasteiger partial charge in [0.1, 0.15) is 6.26 Å². The summed E-state index contributed by atoms with van der Waals surface area (Å²) in [4.78, 5) is 8.80. The van der Waals surface area contributed by atoms with Crippen molar-refractivity contribution in [3.63, 3.8) is 0 Å². The van der Waals surface area contributed by atoms with Gasteiger partial charge in [-0.05, 0) is 36.8 Å². The van der Waals surface area contributed by atoms with Gasteiger partial charge in [0.15, 0.2) is 17.5 Å². The van der Waals surface area contributed by atoms with E-state index in [0.29, 0.717) is 42.2 Å². The van der Waals surface area contributed by atoms with Gasteiger partial charge in [-0.25, -0.2) is 4.98 Å². The third kappa shape index (κ3) is 5.48. The zero-order valence-corrected chi connectivity index (χ0v) is 18.5. The minimum Gasteiger partial charge on any atom is -0.493 e. The molecular weight excluding hydrogens is 396 g/mol. The first-order chi connectivity index (χ1) is 15.1. The van der Waals surface area contributed by atoms with Gasteiger partial charge in [-0.3, -0.25) is 4.99 Å². The molecular formula is C23H28N4O4. The smallest absolute Gasteiger partial charge is 0.226 e. The highest BCUT2D eigenvalue weighted by molar-refractivity contribution is 5.79. The zero-order valence-electron chi connectivity index (χ0n) is 18.5. The molecule has 0 aliphatic carbocycles. The van der Waals surface area contributed by atoms with Crippen molar-refractivity contribution in [1.29, 1.82) is 0 Å². The molecule has 0 bridgehead atoms. The first-order valence-corrected chi connectivity index (χ1v) is 9.82. The van der Waals surface area contributed by atoms with Crippen molar-refractivity contribution in [3.8, 4) is 28.7 Å². The Kier molecular flexibility index (Phi) is 7.37. The van der Waals surface area contributed by atoms with Gasteiger partial charge in [0.05, 0.1) is 33.6 Å². The van der Waals surface area contributed by atoms with Gasteiger partial charge in [-0.2, -0.15) is 0 Å². The Morgan fingerprint density at radius 2 is 1.61 bits per heavy atom. The second-order valence-corrected chi connectivity index (χ2v) is 6.82. The molecule has 0 aliphatic heterocycles. The lowest BCUT2D eigenvalue weighted by Gasteiger charge is -2.15. The van der Waals surface area contributed by atoms with Gasteiger partial charge < -0.3 is 29.3 Å². The lowest BCUT2D eigenvalue weighted by Crippen LogP contribution is -2.36. The van der Waals surface area contributed by atoms with E-state index in [2.05, 4.69) is 20.6 Å². The van der Waals surface area contributed by atoms with Crippen LogP contribution in [0.1, 0.15) is 16.8 Å². The number of nitrogens with one attached hydrogen (secondary N) is 2. The number of hydrogen-bond donors (Lipinski definition) is 2. The molecule has 0 unspecified atom stereocenters. The Balaban J connectivity index is 1.60. The number of methoxy groups -OCH3 is 3. The fraction of sp³-hybridized carbons (Fsp3) is 0.304. The lowest BCUT2D eigenvalue weighted by molar-refractivity contribution is 0.323. The van der Waals surface area contributed by atoms with Gasteiger partial charge in [-0.1, -0.05) is 17.7 Å². The number of benzene rings is 2. The van der Waals surface area contributed by atoms with E-state index in [9.17, 15) is 0 Å². The van der Waals surface area contributed by atoms with Crippen LogP contribution in [0, 0.1) is 6.92 Å². The topological polar surface area (TPSA) is 90.1 Å². The van der Waals surface area contributed by atoms with Crippen molar-refractivity contribution >= 4 is 5.96 Å². The normalized spacial score (nSPS) is 11.2. The number of guanidine groups is 1. The molecule has 0 amide bonds. The zero-order chi connectivity index (χ0) is 22.2. The van der Waals surface area contributed by atoms with Crippen LogP contribution in [0.3, 0.4) is 0 Å².